The fourth-order valence-corrected chi connectivity index (χ4v) is 4.37. The molecule has 1 aromatic rings. The molecular formula is C16H24N2O2S. The number of carbonyl (C=O) groups is 1. The van der Waals surface area contributed by atoms with Crippen molar-refractivity contribution >= 4 is 17.8 Å². The topological polar surface area (TPSA) is 45.5 Å². The summed E-state index contributed by atoms with van der Waals surface area (Å²) in [6.07, 6.45) is 8.80. The van der Waals surface area contributed by atoms with Gasteiger partial charge in [0.1, 0.15) is 5.76 Å². The van der Waals surface area contributed by atoms with E-state index >= 15 is 0 Å². The molecule has 1 aromatic heterocycles. The highest BCUT2D eigenvalue weighted by Gasteiger charge is 2.25. The maximum atomic E-state index is 12.4. The summed E-state index contributed by atoms with van der Waals surface area (Å²) in [4.78, 5) is 14.4. The minimum absolute atomic E-state index is 0.127. The Morgan fingerprint density at radius 1 is 1.24 bits per heavy atom. The van der Waals surface area contributed by atoms with Crippen molar-refractivity contribution in [2.24, 2.45) is 0 Å². The number of hydrogen-bond acceptors (Lipinski definition) is 3. The van der Waals surface area contributed by atoms with E-state index in [9.17, 15) is 4.79 Å². The van der Waals surface area contributed by atoms with E-state index in [0.717, 1.165) is 43.9 Å². The number of nitrogens with one attached hydrogen (secondary N) is 1. The van der Waals surface area contributed by atoms with Gasteiger partial charge in [0, 0.05) is 24.9 Å². The first kappa shape index (κ1) is 14.8. The lowest BCUT2D eigenvalue weighted by Crippen LogP contribution is -2.46. The molecule has 2 amide bonds. The zero-order valence-electron chi connectivity index (χ0n) is 12.4. The molecule has 5 heteroatoms. The molecule has 1 saturated heterocycles. The highest BCUT2D eigenvalue weighted by molar-refractivity contribution is 7.99. The molecule has 1 atom stereocenters. The third-order valence-corrected chi connectivity index (χ3v) is 5.71. The van der Waals surface area contributed by atoms with Gasteiger partial charge < -0.3 is 14.6 Å². The molecule has 2 fully saturated rings. The minimum atomic E-state index is 0.127. The Morgan fingerprint density at radius 2 is 2.10 bits per heavy atom. The van der Waals surface area contributed by atoms with E-state index in [4.69, 9.17) is 4.42 Å². The molecule has 2 aliphatic rings. The minimum Gasteiger partial charge on any atom is -0.468 e. The molecule has 1 aliphatic heterocycles. The second kappa shape index (κ2) is 7.25. The smallest absolute Gasteiger partial charge is 0.317 e. The van der Waals surface area contributed by atoms with Crippen molar-refractivity contribution in [3.05, 3.63) is 24.2 Å². The van der Waals surface area contributed by atoms with Crippen LogP contribution < -0.4 is 5.32 Å². The Hall–Kier alpha value is -1.10. The molecule has 0 bridgehead atoms. The van der Waals surface area contributed by atoms with Crippen LogP contribution in [0.15, 0.2) is 22.8 Å². The van der Waals surface area contributed by atoms with Gasteiger partial charge in [-0.15, -0.1) is 11.8 Å². The van der Waals surface area contributed by atoms with Crippen LogP contribution in [-0.4, -0.2) is 35.8 Å². The Balaban J connectivity index is 1.51. The first-order valence-corrected chi connectivity index (χ1v) is 9.08. The van der Waals surface area contributed by atoms with Crippen LogP contribution in [0.1, 0.15) is 49.5 Å². The fourth-order valence-electron chi connectivity index (χ4n) is 3.19. The number of thioether (sulfide) groups is 1. The van der Waals surface area contributed by atoms with Crippen LogP contribution in [0, 0.1) is 0 Å². The monoisotopic (exact) mass is 308 g/mol. The van der Waals surface area contributed by atoms with Gasteiger partial charge in [0.2, 0.25) is 0 Å². The van der Waals surface area contributed by atoms with Crippen LogP contribution in [0.4, 0.5) is 4.79 Å². The average Bonchev–Trinajstić information content (AvgIpc) is 2.93. The predicted molar refractivity (Wildman–Crippen MR) is 85.5 cm³/mol. The van der Waals surface area contributed by atoms with Crippen molar-refractivity contribution in [2.45, 2.75) is 49.8 Å². The molecule has 3 rings (SSSR count). The summed E-state index contributed by atoms with van der Waals surface area (Å²) in [6, 6.07) is 4.50. The maximum Gasteiger partial charge on any atom is 0.317 e. The van der Waals surface area contributed by atoms with Crippen LogP contribution in [0.25, 0.3) is 0 Å². The number of furan rings is 1. The first-order chi connectivity index (χ1) is 10.3. The van der Waals surface area contributed by atoms with Crippen molar-refractivity contribution in [1.29, 1.82) is 0 Å². The lowest BCUT2D eigenvalue weighted by atomic mass is 9.96. The Labute approximate surface area is 130 Å². The molecule has 21 heavy (non-hydrogen) atoms. The van der Waals surface area contributed by atoms with Gasteiger partial charge in [0.25, 0.3) is 0 Å². The van der Waals surface area contributed by atoms with Crippen molar-refractivity contribution in [3.63, 3.8) is 0 Å². The highest BCUT2D eigenvalue weighted by atomic mass is 32.2. The van der Waals surface area contributed by atoms with Crippen LogP contribution in [-0.2, 0) is 0 Å². The van der Waals surface area contributed by atoms with Gasteiger partial charge in [-0.1, -0.05) is 19.3 Å². The summed E-state index contributed by atoms with van der Waals surface area (Å²) < 4.78 is 5.51. The van der Waals surface area contributed by atoms with Crippen LogP contribution in [0.3, 0.4) is 0 Å². The van der Waals surface area contributed by atoms with Gasteiger partial charge >= 0.3 is 6.03 Å². The quantitative estimate of drug-likeness (QED) is 0.904. The molecule has 0 spiro atoms. The van der Waals surface area contributed by atoms with Crippen molar-refractivity contribution in [1.82, 2.24) is 10.2 Å². The van der Waals surface area contributed by atoms with E-state index in [0.29, 0.717) is 11.3 Å². The van der Waals surface area contributed by atoms with Crippen molar-refractivity contribution < 1.29 is 9.21 Å². The summed E-state index contributed by atoms with van der Waals surface area (Å²) in [5.41, 5.74) is 0. The zero-order valence-corrected chi connectivity index (χ0v) is 13.2. The van der Waals surface area contributed by atoms with Gasteiger partial charge in [-0.05, 0) is 31.4 Å². The summed E-state index contributed by atoms with van der Waals surface area (Å²) in [7, 11) is 0. The summed E-state index contributed by atoms with van der Waals surface area (Å²) in [5.74, 6) is 2.01. The normalized spacial score (nSPS) is 24.6. The number of hydrogen-bond donors (Lipinski definition) is 1. The van der Waals surface area contributed by atoms with Crippen molar-refractivity contribution in [2.75, 3.05) is 18.8 Å². The second-order valence-corrected chi connectivity index (χ2v) is 7.25. The van der Waals surface area contributed by atoms with Crippen LogP contribution >= 0.6 is 11.8 Å². The standard InChI is InChI=1S/C16H24N2O2S/c19-16(17-13-5-2-1-3-6-13)18-9-8-15(21-12-10-18)14-7-4-11-20-14/h4,7,11,13,15H,1-3,5-6,8-10,12H2,(H,17,19). The summed E-state index contributed by atoms with van der Waals surface area (Å²) in [6.45, 7) is 1.65. The average molecular weight is 308 g/mol. The third-order valence-electron chi connectivity index (χ3n) is 4.42. The van der Waals surface area contributed by atoms with Crippen molar-refractivity contribution in [3.8, 4) is 0 Å². The molecule has 1 saturated carbocycles. The van der Waals surface area contributed by atoms with Gasteiger partial charge in [-0.2, -0.15) is 0 Å². The highest BCUT2D eigenvalue weighted by Crippen LogP contribution is 2.34. The lowest BCUT2D eigenvalue weighted by Gasteiger charge is -2.27. The Bertz CT molecular complexity index is 443. The van der Waals surface area contributed by atoms with Gasteiger partial charge in [-0.25, -0.2) is 4.79 Å². The van der Waals surface area contributed by atoms with Crippen LogP contribution in [0.5, 0.6) is 0 Å². The van der Waals surface area contributed by atoms with E-state index < -0.39 is 0 Å². The van der Waals surface area contributed by atoms with E-state index in [2.05, 4.69) is 5.32 Å². The molecule has 1 unspecified atom stereocenters. The van der Waals surface area contributed by atoms with E-state index in [-0.39, 0.29) is 6.03 Å². The SMILES string of the molecule is O=C(NC1CCCCC1)N1CCSC(c2ccco2)CC1. The largest absolute Gasteiger partial charge is 0.468 e. The van der Waals surface area contributed by atoms with E-state index in [1.54, 1.807) is 6.26 Å². The zero-order chi connectivity index (χ0) is 14.5. The molecule has 2 heterocycles. The van der Waals surface area contributed by atoms with Gasteiger partial charge in [0.15, 0.2) is 0 Å². The van der Waals surface area contributed by atoms with Crippen LogP contribution in [0.2, 0.25) is 0 Å². The number of amides is 2. The maximum absolute atomic E-state index is 12.4. The number of rotatable bonds is 2. The summed E-state index contributed by atoms with van der Waals surface area (Å²) >= 11 is 1.89. The molecule has 116 valence electrons. The molecule has 0 radical (unpaired) electrons. The molecule has 1 aliphatic carbocycles. The molecule has 4 nitrogen and oxygen atoms in total. The fraction of sp³-hybridized carbons (Fsp3) is 0.688. The number of carbonyl (C=O) groups excluding carboxylic acids is 1. The number of nitrogens with zero attached hydrogens (tertiary/aromatic N) is 1. The number of urea groups is 1. The third kappa shape index (κ3) is 3.96. The van der Waals surface area contributed by atoms with Gasteiger partial charge in [0.05, 0.1) is 11.5 Å². The van der Waals surface area contributed by atoms with Gasteiger partial charge in [-0.3, -0.25) is 0 Å². The Morgan fingerprint density at radius 3 is 2.86 bits per heavy atom. The second-order valence-electron chi connectivity index (χ2n) is 5.93. The lowest BCUT2D eigenvalue weighted by molar-refractivity contribution is 0.193. The van der Waals surface area contributed by atoms with E-state index in [1.807, 2.05) is 28.8 Å². The molecular weight excluding hydrogens is 284 g/mol. The summed E-state index contributed by atoms with van der Waals surface area (Å²) in [5, 5.41) is 3.60. The molecule has 1 N–H and O–H groups in total. The molecule has 0 aromatic carbocycles. The van der Waals surface area contributed by atoms with E-state index in [1.165, 1.54) is 19.3 Å². The predicted octanol–water partition coefficient (Wildman–Crippen LogP) is 3.80. The first-order valence-electron chi connectivity index (χ1n) is 8.03. The Kier molecular flexibility index (Phi) is 5.12.